The van der Waals surface area contributed by atoms with Gasteiger partial charge in [0.05, 0.1) is 0 Å². The molecule has 1 aromatic carbocycles. The van der Waals surface area contributed by atoms with E-state index in [1.807, 2.05) is 30.5 Å². The number of carbonyl (C=O) groups is 1. The van der Waals surface area contributed by atoms with Crippen molar-refractivity contribution in [3.05, 3.63) is 42.2 Å². The van der Waals surface area contributed by atoms with Crippen LogP contribution < -0.4 is 5.32 Å². The van der Waals surface area contributed by atoms with Crippen LogP contribution in [-0.4, -0.2) is 23.9 Å². The molecule has 1 N–H and O–H groups in total. The maximum Gasteiger partial charge on any atom is 0.165 e. The van der Waals surface area contributed by atoms with Crippen LogP contribution in [-0.2, 0) is 0 Å². The summed E-state index contributed by atoms with van der Waals surface area (Å²) in [6.45, 7) is 2.07. The third-order valence-electron chi connectivity index (χ3n) is 3.90. The molecule has 2 aromatic rings. The van der Waals surface area contributed by atoms with Gasteiger partial charge in [0.2, 0.25) is 0 Å². The predicted octanol–water partition coefficient (Wildman–Crippen LogP) is 2.81. The highest BCUT2D eigenvalue weighted by molar-refractivity contribution is 6.07. The van der Waals surface area contributed by atoms with Crippen LogP contribution in [0.5, 0.6) is 0 Å². The Morgan fingerprint density at radius 1 is 1.21 bits per heavy atom. The number of hydrogen-bond acceptors (Lipinski definition) is 3. The van der Waals surface area contributed by atoms with Crippen LogP contribution in [0, 0.1) is 5.92 Å². The number of rotatable bonds is 3. The lowest BCUT2D eigenvalue weighted by Gasteiger charge is -2.21. The Morgan fingerprint density at radius 2 is 2.00 bits per heavy atom. The third-order valence-corrected chi connectivity index (χ3v) is 3.90. The van der Waals surface area contributed by atoms with Gasteiger partial charge in [-0.1, -0.05) is 24.3 Å². The smallest absolute Gasteiger partial charge is 0.165 e. The largest absolute Gasteiger partial charge is 0.317 e. The van der Waals surface area contributed by atoms with Gasteiger partial charge in [0, 0.05) is 29.8 Å². The van der Waals surface area contributed by atoms with Crippen molar-refractivity contribution in [1.29, 1.82) is 0 Å². The molecule has 19 heavy (non-hydrogen) atoms. The van der Waals surface area contributed by atoms with E-state index >= 15 is 0 Å². The Labute approximate surface area is 113 Å². The number of Topliss-reactive ketones (excluding diaryl/α,β-unsaturated/α-hetero) is 1. The molecule has 1 saturated heterocycles. The van der Waals surface area contributed by atoms with Gasteiger partial charge in [-0.15, -0.1) is 0 Å². The SMILES string of the molecule is O=C(CC1CCNCC1)c1cncc2ccccc12. The summed E-state index contributed by atoms with van der Waals surface area (Å²) in [5.41, 5.74) is 0.775. The van der Waals surface area contributed by atoms with Crippen LogP contribution in [0.2, 0.25) is 0 Å². The summed E-state index contributed by atoms with van der Waals surface area (Å²) < 4.78 is 0. The van der Waals surface area contributed by atoms with Gasteiger partial charge in [0.25, 0.3) is 0 Å². The number of benzene rings is 1. The highest BCUT2D eigenvalue weighted by Gasteiger charge is 2.19. The molecule has 98 valence electrons. The Bertz CT molecular complexity index is 583. The molecular weight excluding hydrogens is 236 g/mol. The number of nitrogens with one attached hydrogen (secondary N) is 1. The summed E-state index contributed by atoms with van der Waals surface area (Å²) in [6.07, 6.45) is 6.38. The van der Waals surface area contributed by atoms with Crippen molar-refractivity contribution in [2.24, 2.45) is 5.92 Å². The average molecular weight is 254 g/mol. The predicted molar refractivity (Wildman–Crippen MR) is 76.3 cm³/mol. The highest BCUT2D eigenvalue weighted by atomic mass is 16.1. The second-order valence-corrected chi connectivity index (χ2v) is 5.23. The lowest BCUT2D eigenvalue weighted by atomic mass is 9.90. The fourth-order valence-electron chi connectivity index (χ4n) is 2.80. The van der Waals surface area contributed by atoms with Crippen LogP contribution in [0.4, 0.5) is 0 Å². The molecule has 0 saturated carbocycles. The van der Waals surface area contributed by atoms with Crippen molar-refractivity contribution in [2.75, 3.05) is 13.1 Å². The van der Waals surface area contributed by atoms with Gasteiger partial charge < -0.3 is 5.32 Å². The fraction of sp³-hybridized carbons (Fsp3) is 0.375. The topological polar surface area (TPSA) is 42.0 Å². The molecule has 0 radical (unpaired) electrons. The Hall–Kier alpha value is -1.74. The Kier molecular flexibility index (Phi) is 3.56. The molecule has 0 bridgehead atoms. The van der Waals surface area contributed by atoms with Gasteiger partial charge in [-0.2, -0.15) is 0 Å². The molecule has 3 heteroatoms. The summed E-state index contributed by atoms with van der Waals surface area (Å²) >= 11 is 0. The van der Waals surface area contributed by atoms with Gasteiger partial charge in [-0.25, -0.2) is 0 Å². The Balaban J connectivity index is 1.85. The summed E-state index contributed by atoms with van der Waals surface area (Å²) in [5, 5.41) is 5.40. The zero-order valence-electron chi connectivity index (χ0n) is 10.9. The molecule has 0 atom stereocenters. The summed E-state index contributed by atoms with van der Waals surface area (Å²) in [4.78, 5) is 16.7. The first-order valence-corrected chi connectivity index (χ1v) is 6.91. The van der Waals surface area contributed by atoms with E-state index in [9.17, 15) is 4.79 Å². The monoisotopic (exact) mass is 254 g/mol. The van der Waals surface area contributed by atoms with Gasteiger partial charge >= 0.3 is 0 Å². The zero-order chi connectivity index (χ0) is 13.1. The van der Waals surface area contributed by atoms with Gasteiger partial charge in [-0.05, 0) is 37.2 Å². The summed E-state index contributed by atoms with van der Waals surface area (Å²) in [6, 6.07) is 7.96. The van der Waals surface area contributed by atoms with Crippen molar-refractivity contribution in [2.45, 2.75) is 19.3 Å². The van der Waals surface area contributed by atoms with Crippen LogP contribution in [0.15, 0.2) is 36.7 Å². The number of pyridine rings is 1. The minimum absolute atomic E-state index is 0.233. The number of carbonyl (C=O) groups excluding carboxylic acids is 1. The quantitative estimate of drug-likeness (QED) is 0.856. The molecule has 0 amide bonds. The molecule has 0 spiro atoms. The Morgan fingerprint density at radius 3 is 2.84 bits per heavy atom. The summed E-state index contributed by atoms with van der Waals surface area (Å²) in [7, 11) is 0. The number of aromatic nitrogens is 1. The van der Waals surface area contributed by atoms with E-state index < -0.39 is 0 Å². The van der Waals surface area contributed by atoms with E-state index in [0.29, 0.717) is 12.3 Å². The lowest BCUT2D eigenvalue weighted by Crippen LogP contribution is -2.28. The normalized spacial score (nSPS) is 16.6. The van der Waals surface area contributed by atoms with Crippen molar-refractivity contribution < 1.29 is 4.79 Å². The second-order valence-electron chi connectivity index (χ2n) is 5.23. The molecular formula is C16H18N2O. The molecule has 3 rings (SSSR count). The van der Waals surface area contributed by atoms with Crippen molar-refractivity contribution in [3.8, 4) is 0 Å². The van der Waals surface area contributed by atoms with Crippen LogP contribution in [0.1, 0.15) is 29.6 Å². The molecule has 1 aliphatic heterocycles. The lowest BCUT2D eigenvalue weighted by molar-refractivity contribution is 0.0954. The molecule has 1 aromatic heterocycles. The number of nitrogens with zero attached hydrogens (tertiary/aromatic N) is 1. The highest BCUT2D eigenvalue weighted by Crippen LogP contribution is 2.23. The van der Waals surface area contributed by atoms with Gasteiger partial charge in [-0.3, -0.25) is 9.78 Å². The van der Waals surface area contributed by atoms with E-state index in [1.165, 1.54) is 0 Å². The summed E-state index contributed by atoms with van der Waals surface area (Å²) in [5.74, 6) is 0.754. The van der Waals surface area contributed by atoms with Crippen molar-refractivity contribution >= 4 is 16.6 Å². The van der Waals surface area contributed by atoms with Crippen LogP contribution in [0.25, 0.3) is 10.8 Å². The first-order valence-electron chi connectivity index (χ1n) is 6.91. The van der Waals surface area contributed by atoms with Crippen molar-refractivity contribution in [3.63, 3.8) is 0 Å². The molecule has 0 aliphatic carbocycles. The third kappa shape index (κ3) is 2.66. The second kappa shape index (κ2) is 5.49. The van der Waals surface area contributed by atoms with E-state index in [1.54, 1.807) is 6.20 Å². The molecule has 1 fully saturated rings. The number of piperidine rings is 1. The first kappa shape index (κ1) is 12.3. The number of hydrogen-bond donors (Lipinski definition) is 1. The minimum Gasteiger partial charge on any atom is -0.317 e. The average Bonchev–Trinajstić information content (AvgIpc) is 2.47. The number of fused-ring (bicyclic) bond motifs is 1. The van der Waals surface area contributed by atoms with Gasteiger partial charge in [0.1, 0.15) is 0 Å². The first-order chi connectivity index (χ1) is 9.34. The van der Waals surface area contributed by atoms with E-state index in [4.69, 9.17) is 0 Å². The molecule has 3 nitrogen and oxygen atoms in total. The fourth-order valence-corrected chi connectivity index (χ4v) is 2.80. The molecule has 2 heterocycles. The van der Waals surface area contributed by atoms with Gasteiger partial charge in [0.15, 0.2) is 5.78 Å². The van der Waals surface area contributed by atoms with Crippen molar-refractivity contribution in [1.82, 2.24) is 10.3 Å². The standard InChI is InChI=1S/C16H18N2O/c19-16(9-12-5-7-17-8-6-12)15-11-18-10-13-3-1-2-4-14(13)15/h1-4,10-12,17H,5-9H2. The maximum absolute atomic E-state index is 12.5. The van der Waals surface area contributed by atoms with E-state index in [0.717, 1.165) is 42.3 Å². The van der Waals surface area contributed by atoms with E-state index in [2.05, 4.69) is 10.3 Å². The van der Waals surface area contributed by atoms with Crippen LogP contribution in [0.3, 0.4) is 0 Å². The molecule has 0 unspecified atom stereocenters. The van der Waals surface area contributed by atoms with Crippen LogP contribution >= 0.6 is 0 Å². The maximum atomic E-state index is 12.5. The minimum atomic E-state index is 0.233. The zero-order valence-corrected chi connectivity index (χ0v) is 10.9. The molecule has 1 aliphatic rings. The number of ketones is 1. The van der Waals surface area contributed by atoms with E-state index in [-0.39, 0.29) is 5.78 Å².